The summed E-state index contributed by atoms with van der Waals surface area (Å²) in [5, 5.41) is 11.6. The second-order valence-electron chi connectivity index (χ2n) is 5.43. The Balaban J connectivity index is 2.88. The highest BCUT2D eigenvalue weighted by Crippen LogP contribution is 2.22. The average Bonchev–Trinajstić information content (AvgIpc) is 2.26. The van der Waals surface area contributed by atoms with Crippen LogP contribution in [0, 0.1) is 5.41 Å². The molecule has 0 bridgehead atoms. The van der Waals surface area contributed by atoms with Gasteiger partial charge in [-0.1, -0.05) is 20.8 Å². The van der Waals surface area contributed by atoms with E-state index in [1.54, 1.807) is 12.1 Å². The molecule has 0 aliphatic carbocycles. The lowest BCUT2D eigenvalue weighted by Gasteiger charge is -2.30. The second kappa shape index (κ2) is 5.69. The summed E-state index contributed by atoms with van der Waals surface area (Å²) in [6.07, 6.45) is 1.32. The van der Waals surface area contributed by atoms with Crippen LogP contribution in [0.3, 0.4) is 0 Å². The number of aliphatic carboxylic acids is 1. The van der Waals surface area contributed by atoms with E-state index in [1.807, 2.05) is 20.8 Å². The number of hydrogen-bond acceptors (Lipinski definition) is 4. The molecule has 4 N–H and O–H groups in total. The quantitative estimate of drug-likeness (QED) is 0.760. The van der Waals surface area contributed by atoms with Gasteiger partial charge in [0.1, 0.15) is 0 Å². The number of hydrogen-bond donors (Lipinski definition) is 3. The van der Waals surface area contributed by atoms with Crippen molar-refractivity contribution in [1.29, 1.82) is 0 Å². The van der Waals surface area contributed by atoms with Gasteiger partial charge in [0.15, 0.2) is 5.69 Å². The van der Waals surface area contributed by atoms with Crippen molar-refractivity contribution < 1.29 is 14.7 Å². The molecule has 0 fully saturated rings. The molecule has 6 heteroatoms. The van der Waals surface area contributed by atoms with Crippen LogP contribution in [0.5, 0.6) is 0 Å². The minimum Gasteiger partial charge on any atom is -0.481 e. The number of carboxylic acid groups (broad SMARTS) is 1. The highest BCUT2D eigenvalue weighted by Gasteiger charge is 2.29. The van der Waals surface area contributed by atoms with Crippen molar-refractivity contribution in [3.8, 4) is 0 Å². The van der Waals surface area contributed by atoms with E-state index in [0.29, 0.717) is 0 Å². The van der Waals surface area contributed by atoms with Crippen molar-refractivity contribution >= 4 is 17.6 Å². The third kappa shape index (κ3) is 4.24. The number of nitrogens with one attached hydrogen (secondary N) is 1. The van der Waals surface area contributed by atoms with Gasteiger partial charge in [0, 0.05) is 12.2 Å². The van der Waals surface area contributed by atoms with Crippen molar-refractivity contribution in [3.63, 3.8) is 0 Å². The van der Waals surface area contributed by atoms with Gasteiger partial charge in [-0.2, -0.15) is 0 Å². The summed E-state index contributed by atoms with van der Waals surface area (Å²) in [6.45, 7) is 5.59. The first-order valence-corrected chi connectivity index (χ1v) is 5.95. The molecule has 0 aromatic carbocycles. The zero-order chi connectivity index (χ0) is 14.6. The molecular weight excluding hydrogens is 246 g/mol. The van der Waals surface area contributed by atoms with Gasteiger partial charge in [-0.05, 0) is 17.5 Å². The van der Waals surface area contributed by atoms with Gasteiger partial charge in [-0.25, -0.2) is 4.98 Å². The Hall–Kier alpha value is -2.11. The third-order valence-electron chi connectivity index (χ3n) is 2.78. The second-order valence-corrected chi connectivity index (χ2v) is 5.43. The molecule has 104 valence electrons. The van der Waals surface area contributed by atoms with Crippen molar-refractivity contribution in [3.05, 3.63) is 24.0 Å². The molecule has 0 saturated heterocycles. The number of nitrogens with two attached hydrogens (primary N) is 1. The summed E-state index contributed by atoms with van der Waals surface area (Å²) in [7, 11) is 0. The number of carbonyl (C=O) groups excluding carboxylic acids is 1. The first-order valence-electron chi connectivity index (χ1n) is 5.95. The van der Waals surface area contributed by atoms with Gasteiger partial charge in [-0.3, -0.25) is 9.59 Å². The number of amides is 1. The molecular formula is C13H19N3O3. The third-order valence-corrected chi connectivity index (χ3v) is 2.78. The Labute approximate surface area is 112 Å². The zero-order valence-corrected chi connectivity index (χ0v) is 11.3. The molecule has 1 unspecified atom stereocenters. The van der Waals surface area contributed by atoms with E-state index >= 15 is 0 Å². The summed E-state index contributed by atoms with van der Waals surface area (Å²) in [6, 6.07) is 2.70. The topological polar surface area (TPSA) is 105 Å². The lowest BCUT2D eigenvalue weighted by Crippen LogP contribution is -2.45. The molecule has 6 nitrogen and oxygen atoms in total. The molecule has 0 saturated carbocycles. The molecule has 0 radical (unpaired) electrons. The predicted molar refractivity (Wildman–Crippen MR) is 71.6 cm³/mol. The first-order chi connectivity index (χ1) is 8.71. The molecule has 1 atom stereocenters. The fourth-order valence-corrected chi connectivity index (χ4v) is 1.58. The lowest BCUT2D eigenvalue weighted by atomic mass is 9.84. The van der Waals surface area contributed by atoms with E-state index in [0.717, 1.165) is 0 Å². The van der Waals surface area contributed by atoms with Crippen LogP contribution in [0.25, 0.3) is 0 Å². The molecule has 1 rings (SSSR count). The fraction of sp³-hybridized carbons (Fsp3) is 0.462. The summed E-state index contributed by atoms with van der Waals surface area (Å²) < 4.78 is 0. The summed E-state index contributed by atoms with van der Waals surface area (Å²) in [5.74, 6) is -1.42. The SMILES string of the molecule is CC(C)(C)C(CC(=O)O)NC(=O)c1ncccc1N. The van der Waals surface area contributed by atoms with E-state index in [4.69, 9.17) is 10.8 Å². The van der Waals surface area contributed by atoms with Crippen molar-refractivity contribution in [2.75, 3.05) is 5.73 Å². The van der Waals surface area contributed by atoms with Gasteiger partial charge in [0.25, 0.3) is 5.91 Å². The average molecular weight is 265 g/mol. The number of nitrogens with zero attached hydrogens (tertiary/aromatic N) is 1. The van der Waals surface area contributed by atoms with Crippen molar-refractivity contribution in [1.82, 2.24) is 10.3 Å². The van der Waals surface area contributed by atoms with Crippen LogP contribution in [0.15, 0.2) is 18.3 Å². The Morgan fingerprint density at radius 3 is 2.58 bits per heavy atom. The Kier molecular flexibility index (Phi) is 4.47. The number of carbonyl (C=O) groups is 2. The van der Waals surface area contributed by atoms with Crippen LogP contribution in [0.4, 0.5) is 5.69 Å². The molecule has 0 aliphatic heterocycles. The molecule has 0 spiro atoms. The normalized spacial score (nSPS) is 12.8. The number of aromatic nitrogens is 1. The van der Waals surface area contributed by atoms with E-state index < -0.39 is 17.9 Å². The number of carboxylic acids is 1. The summed E-state index contributed by atoms with van der Waals surface area (Å²) >= 11 is 0. The van der Waals surface area contributed by atoms with Crippen LogP contribution in [-0.4, -0.2) is 28.0 Å². The van der Waals surface area contributed by atoms with Gasteiger partial charge < -0.3 is 16.2 Å². The number of pyridine rings is 1. The minimum absolute atomic E-state index is 0.113. The van der Waals surface area contributed by atoms with E-state index in [-0.39, 0.29) is 23.2 Å². The van der Waals surface area contributed by atoms with Crippen LogP contribution in [-0.2, 0) is 4.79 Å². The van der Waals surface area contributed by atoms with Crippen LogP contribution in [0.1, 0.15) is 37.7 Å². The van der Waals surface area contributed by atoms with Gasteiger partial charge in [-0.15, -0.1) is 0 Å². The predicted octanol–water partition coefficient (Wildman–Crippen LogP) is 1.28. The number of rotatable bonds is 4. The molecule has 1 aromatic heterocycles. The fourth-order valence-electron chi connectivity index (χ4n) is 1.58. The van der Waals surface area contributed by atoms with Gasteiger partial charge in [0.05, 0.1) is 12.1 Å². The van der Waals surface area contributed by atoms with Crippen molar-refractivity contribution in [2.24, 2.45) is 5.41 Å². The number of anilines is 1. The highest BCUT2D eigenvalue weighted by atomic mass is 16.4. The van der Waals surface area contributed by atoms with E-state index in [9.17, 15) is 9.59 Å². The summed E-state index contributed by atoms with van der Waals surface area (Å²) in [5.41, 5.74) is 5.67. The van der Waals surface area contributed by atoms with Crippen LogP contribution >= 0.6 is 0 Å². The molecule has 19 heavy (non-hydrogen) atoms. The van der Waals surface area contributed by atoms with Gasteiger partial charge >= 0.3 is 5.97 Å². The maximum Gasteiger partial charge on any atom is 0.305 e. The largest absolute Gasteiger partial charge is 0.481 e. The minimum atomic E-state index is -0.964. The number of nitrogen functional groups attached to an aromatic ring is 1. The lowest BCUT2D eigenvalue weighted by molar-refractivity contribution is -0.138. The van der Waals surface area contributed by atoms with Crippen LogP contribution in [0.2, 0.25) is 0 Å². The Morgan fingerprint density at radius 1 is 1.47 bits per heavy atom. The maximum absolute atomic E-state index is 12.1. The standard InChI is InChI=1S/C13H19N3O3/c1-13(2,3)9(7-10(17)18)16-12(19)11-8(14)5-4-6-15-11/h4-6,9H,7,14H2,1-3H3,(H,16,19)(H,17,18). The van der Waals surface area contributed by atoms with Gasteiger partial charge in [0.2, 0.25) is 0 Å². The van der Waals surface area contributed by atoms with Crippen molar-refractivity contribution in [2.45, 2.75) is 33.2 Å². The zero-order valence-electron chi connectivity index (χ0n) is 11.3. The molecule has 1 amide bonds. The Bertz CT molecular complexity index is 480. The molecule has 0 aliphatic rings. The smallest absolute Gasteiger partial charge is 0.305 e. The maximum atomic E-state index is 12.1. The van der Waals surface area contributed by atoms with E-state index in [1.165, 1.54) is 6.20 Å². The van der Waals surface area contributed by atoms with Crippen LogP contribution < -0.4 is 11.1 Å². The molecule has 1 aromatic rings. The highest BCUT2D eigenvalue weighted by molar-refractivity contribution is 5.97. The first kappa shape index (κ1) is 14.9. The summed E-state index contributed by atoms with van der Waals surface area (Å²) in [4.78, 5) is 26.8. The molecule has 1 heterocycles. The monoisotopic (exact) mass is 265 g/mol. The van der Waals surface area contributed by atoms with E-state index in [2.05, 4.69) is 10.3 Å². The Morgan fingerprint density at radius 2 is 2.11 bits per heavy atom.